The minimum Gasteiger partial charge on any atom is -0.481 e. The number of nitrogens with zero attached hydrogens (tertiary/aromatic N) is 1. The summed E-state index contributed by atoms with van der Waals surface area (Å²) in [5.41, 5.74) is 2.76. The molecule has 0 radical (unpaired) electrons. The molecule has 4 N–H and O–H groups in total. The van der Waals surface area contributed by atoms with Gasteiger partial charge in [0.25, 0.3) is 0 Å². The van der Waals surface area contributed by atoms with Gasteiger partial charge in [0, 0.05) is 25.9 Å². The summed E-state index contributed by atoms with van der Waals surface area (Å²) in [6.45, 7) is 5.00. The zero-order valence-corrected chi connectivity index (χ0v) is 26.8. The largest absolute Gasteiger partial charge is 0.481 e. The summed E-state index contributed by atoms with van der Waals surface area (Å²) in [6.07, 6.45) is 25.1. The number of unbranched alkanes of at least 4 members (excludes halogenated alkanes) is 15. The maximum Gasteiger partial charge on any atom is 0.326 e. The molecule has 0 aliphatic heterocycles. The molecule has 41 heavy (non-hydrogen) atoms. The van der Waals surface area contributed by atoms with Gasteiger partial charge in [-0.2, -0.15) is 5.48 Å². The van der Waals surface area contributed by atoms with Crippen molar-refractivity contribution < 1.29 is 33.9 Å². The lowest BCUT2D eigenvalue weighted by atomic mass is 10.1. The van der Waals surface area contributed by atoms with E-state index in [4.69, 9.17) is 9.94 Å². The van der Waals surface area contributed by atoms with E-state index in [-0.39, 0.29) is 18.6 Å². The Labute approximate surface area is 250 Å². The minimum absolute atomic E-state index is 0.0926. The molecule has 0 unspecified atom stereocenters. The zero-order valence-electron chi connectivity index (χ0n) is 25.9. The predicted octanol–water partition coefficient (Wildman–Crippen LogP) is 7.37. The smallest absolute Gasteiger partial charge is 0.326 e. The zero-order chi connectivity index (χ0) is 30.4. The average Bonchev–Trinajstić information content (AvgIpc) is 2.92. The Morgan fingerprint density at radius 3 is 1.76 bits per heavy atom. The van der Waals surface area contributed by atoms with Crippen molar-refractivity contribution in [1.82, 2.24) is 10.4 Å². The second-order valence-corrected chi connectivity index (χ2v) is 13.0. The third kappa shape index (κ3) is 33.1. The topological polar surface area (TPSA) is 136 Å². The minimum atomic E-state index is -3.99. The number of hydrogen-bond donors (Lipinski definition) is 4. The maximum atomic E-state index is 11.8. The van der Waals surface area contributed by atoms with E-state index in [9.17, 15) is 23.9 Å². The van der Waals surface area contributed by atoms with Crippen LogP contribution >= 0.6 is 7.60 Å². The number of rotatable bonds is 31. The molecule has 242 valence electrons. The molecule has 0 spiro atoms. The van der Waals surface area contributed by atoms with E-state index in [0.717, 1.165) is 116 Å². The van der Waals surface area contributed by atoms with Gasteiger partial charge in [0.2, 0.25) is 0 Å². The van der Waals surface area contributed by atoms with E-state index in [1.807, 2.05) is 0 Å². The van der Waals surface area contributed by atoms with Gasteiger partial charge in [-0.05, 0) is 58.0 Å². The van der Waals surface area contributed by atoms with Crippen LogP contribution in [0.3, 0.4) is 0 Å². The highest BCUT2D eigenvalue weighted by molar-refractivity contribution is 7.51. The highest BCUT2D eigenvalue weighted by Crippen LogP contribution is 2.33. The molecule has 0 aliphatic rings. The molecule has 0 fully saturated rings. The van der Waals surface area contributed by atoms with Gasteiger partial charge in [0.1, 0.15) is 0 Å². The second kappa shape index (κ2) is 28.9. The Balaban J connectivity index is 3.77. The molecule has 0 heterocycles. The van der Waals surface area contributed by atoms with E-state index in [1.165, 1.54) is 19.3 Å². The molecular formula is C31H61N2O7P. The number of hydrogen-bond acceptors (Lipinski definition) is 6. The van der Waals surface area contributed by atoms with Crippen molar-refractivity contribution in [3.8, 4) is 0 Å². The van der Waals surface area contributed by atoms with E-state index < -0.39 is 13.6 Å². The van der Waals surface area contributed by atoms with Crippen LogP contribution in [0.15, 0.2) is 12.2 Å². The standard InChI is InChI=1S/C31H61N2O7P/c1-2-3-4-5-10-15-20-25-32-40-31(36)24-19-14-9-7-12-17-22-27-33(28-29-41(37,38)39)26-21-16-11-6-8-13-18-23-30(34)35/h10,15,32H,2-9,11-14,16-29H2,1H3,(H,34,35)(H2,37,38,39)/b15-10-. The summed E-state index contributed by atoms with van der Waals surface area (Å²) >= 11 is 0. The molecule has 0 amide bonds. The number of hydroxylamine groups is 1. The number of carbonyl (C=O) groups excluding carboxylic acids is 1. The molecule has 10 heteroatoms. The van der Waals surface area contributed by atoms with Gasteiger partial charge in [-0.15, -0.1) is 0 Å². The average molecular weight is 605 g/mol. The lowest BCUT2D eigenvalue weighted by molar-refractivity contribution is -0.151. The third-order valence-corrected chi connectivity index (χ3v) is 7.95. The number of aliphatic carboxylic acids is 1. The van der Waals surface area contributed by atoms with Crippen LogP contribution in [0.1, 0.15) is 142 Å². The van der Waals surface area contributed by atoms with Gasteiger partial charge in [-0.25, -0.2) is 0 Å². The number of nitrogens with one attached hydrogen (secondary N) is 1. The fraction of sp³-hybridized carbons (Fsp3) is 0.871. The Morgan fingerprint density at radius 2 is 1.22 bits per heavy atom. The van der Waals surface area contributed by atoms with Gasteiger partial charge >= 0.3 is 19.5 Å². The van der Waals surface area contributed by atoms with Gasteiger partial charge in [-0.1, -0.05) is 96.1 Å². The van der Waals surface area contributed by atoms with Gasteiger partial charge < -0.3 is 24.6 Å². The first-order chi connectivity index (χ1) is 19.7. The van der Waals surface area contributed by atoms with E-state index >= 15 is 0 Å². The fourth-order valence-corrected chi connectivity index (χ4v) is 5.21. The predicted molar refractivity (Wildman–Crippen MR) is 167 cm³/mol. The number of carbonyl (C=O) groups is 2. The summed E-state index contributed by atoms with van der Waals surface area (Å²) in [7, 11) is -3.99. The Morgan fingerprint density at radius 1 is 0.707 bits per heavy atom. The Bertz CT molecular complexity index is 700. The van der Waals surface area contributed by atoms with Crippen LogP contribution in [-0.2, 0) is 19.0 Å². The summed E-state index contributed by atoms with van der Waals surface area (Å²) in [5.74, 6) is -0.918. The highest BCUT2D eigenvalue weighted by Gasteiger charge is 2.15. The Hall–Kier alpha value is -1.25. The van der Waals surface area contributed by atoms with Gasteiger partial charge in [0.05, 0.1) is 6.16 Å². The van der Waals surface area contributed by atoms with Crippen LogP contribution < -0.4 is 5.48 Å². The summed E-state index contributed by atoms with van der Waals surface area (Å²) in [4.78, 5) is 48.2. The van der Waals surface area contributed by atoms with E-state index in [2.05, 4.69) is 29.5 Å². The summed E-state index contributed by atoms with van der Waals surface area (Å²) < 4.78 is 11.3. The number of allylic oxidation sites excluding steroid dienone is 1. The van der Waals surface area contributed by atoms with Crippen molar-refractivity contribution in [2.24, 2.45) is 0 Å². The molecule has 0 aromatic rings. The van der Waals surface area contributed by atoms with Crippen molar-refractivity contribution in [2.45, 2.75) is 142 Å². The molecular weight excluding hydrogens is 543 g/mol. The molecule has 0 aliphatic carbocycles. The van der Waals surface area contributed by atoms with Crippen LogP contribution in [0.25, 0.3) is 0 Å². The maximum absolute atomic E-state index is 11.8. The lowest BCUT2D eigenvalue weighted by Gasteiger charge is -2.22. The van der Waals surface area contributed by atoms with Crippen molar-refractivity contribution in [3.63, 3.8) is 0 Å². The van der Waals surface area contributed by atoms with Gasteiger partial charge in [-0.3, -0.25) is 14.2 Å². The first kappa shape index (κ1) is 39.8. The van der Waals surface area contributed by atoms with Gasteiger partial charge in [0.15, 0.2) is 0 Å². The normalized spacial score (nSPS) is 12.0. The third-order valence-electron chi connectivity index (χ3n) is 7.17. The highest BCUT2D eigenvalue weighted by atomic mass is 31.2. The molecule has 0 rings (SSSR count). The van der Waals surface area contributed by atoms with Crippen molar-refractivity contribution in [2.75, 3.05) is 32.3 Å². The van der Waals surface area contributed by atoms with Crippen LogP contribution in [0.2, 0.25) is 0 Å². The van der Waals surface area contributed by atoms with Crippen molar-refractivity contribution in [1.29, 1.82) is 0 Å². The van der Waals surface area contributed by atoms with Crippen molar-refractivity contribution in [3.05, 3.63) is 12.2 Å². The summed E-state index contributed by atoms with van der Waals surface area (Å²) in [6, 6.07) is 0. The lowest BCUT2D eigenvalue weighted by Crippen LogP contribution is -2.29. The monoisotopic (exact) mass is 604 g/mol. The van der Waals surface area contributed by atoms with Crippen LogP contribution in [0.4, 0.5) is 0 Å². The van der Waals surface area contributed by atoms with Crippen LogP contribution in [0.5, 0.6) is 0 Å². The molecule has 9 nitrogen and oxygen atoms in total. The number of carboxylic acid groups (broad SMARTS) is 1. The quantitative estimate of drug-likeness (QED) is 0.0277. The van der Waals surface area contributed by atoms with E-state index in [0.29, 0.717) is 19.5 Å². The van der Waals surface area contributed by atoms with E-state index in [1.54, 1.807) is 0 Å². The fourth-order valence-electron chi connectivity index (χ4n) is 4.66. The van der Waals surface area contributed by atoms with Crippen LogP contribution in [-0.4, -0.2) is 64.1 Å². The second-order valence-electron chi connectivity index (χ2n) is 11.2. The molecule has 0 saturated carbocycles. The SMILES string of the molecule is CCCCC/C=C\CCNOC(=O)CCCCCCCCCN(CCCCCCCCCC(=O)O)CCP(=O)(O)O. The number of carboxylic acids is 1. The molecule has 0 bridgehead atoms. The molecule has 0 aromatic carbocycles. The van der Waals surface area contributed by atoms with Crippen molar-refractivity contribution >= 4 is 19.5 Å². The summed E-state index contributed by atoms with van der Waals surface area (Å²) in [5, 5.41) is 8.67. The first-order valence-electron chi connectivity index (χ1n) is 16.3. The molecule has 0 atom stereocenters. The van der Waals surface area contributed by atoms with Crippen LogP contribution in [0, 0.1) is 0 Å². The Kier molecular flexibility index (Phi) is 28.0. The molecule has 0 aromatic heterocycles. The molecule has 0 saturated heterocycles. The first-order valence-corrected chi connectivity index (χ1v) is 18.1.